The van der Waals surface area contributed by atoms with Crippen LogP contribution in [0.25, 0.3) is 136 Å². The maximum Gasteiger partial charge on any atom is 0.0626 e. The lowest BCUT2D eigenvalue weighted by Gasteiger charge is -2.13. The molecule has 14 aromatic carbocycles. The minimum atomic E-state index is 1.12. The Hall–Kier alpha value is -9.28. The maximum atomic E-state index is 3.76. The van der Waals surface area contributed by atoms with Gasteiger partial charge >= 0.3 is 0 Å². The number of H-pyrrole nitrogens is 1. The monoisotopic (exact) mass is 1090 g/mol. The second-order valence-electron chi connectivity index (χ2n) is 20.6. The fourth-order valence-electron chi connectivity index (χ4n) is 12.0. The van der Waals surface area contributed by atoms with E-state index in [1.165, 1.54) is 155 Å². The van der Waals surface area contributed by atoms with E-state index in [0.717, 1.165) is 4.47 Å². The zero-order valence-corrected chi connectivity index (χ0v) is 46.6. The van der Waals surface area contributed by atoms with Gasteiger partial charge in [0.15, 0.2) is 0 Å². The van der Waals surface area contributed by atoms with Crippen LogP contribution in [0.5, 0.6) is 0 Å². The summed E-state index contributed by atoms with van der Waals surface area (Å²) in [7, 11) is 0. The summed E-state index contributed by atoms with van der Waals surface area (Å²) in [5.41, 5.74) is 11.2. The first-order chi connectivity index (χ1) is 39.6. The van der Waals surface area contributed by atoms with Crippen molar-refractivity contribution in [3.05, 3.63) is 284 Å². The molecule has 1 N–H and O–H groups in total. The van der Waals surface area contributed by atoms with Crippen LogP contribution in [0, 0.1) is 0 Å². The second kappa shape index (κ2) is 22.2. The van der Waals surface area contributed by atoms with Crippen LogP contribution in [0.2, 0.25) is 0 Å². The van der Waals surface area contributed by atoms with E-state index in [2.05, 4.69) is 312 Å². The zero-order valence-electron chi connectivity index (χ0n) is 45.0. The molecule has 2 heterocycles. The number of rotatable bonds is 5. The minimum absolute atomic E-state index is 1.12. The van der Waals surface area contributed by atoms with Gasteiger partial charge in [0.1, 0.15) is 0 Å². The van der Waals surface area contributed by atoms with Crippen LogP contribution in [0.3, 0.4) is 0 Å². The molecule has 0 spiro atoms. The summed E-state index contributed by atoms with van der Waals surface area (Å²) in [6.07, 6.45) is 4.08. The molecule has 0 unspecified atom stereocenters. The molecule has 2 nitrogen and oxygen atoms in total. The molecular weight excluding hydrogens is 1030 g/mol. The smallest absolute Gasteiger partial charge is 0.0626 e. The van der Waals surface area contributed by atoms with Crippen LogP contribution >= 0.6 is 15.9 Å². The van der Waals surface area contributed by atoms with Gasteiger partial charge in [0.2, 0.25) is 0 Å². The largest absolute Gasteiger partial charge is 0.353 e. The van der Waals surface area contributed by atoms with Crippen molar-refractivity contribution in [3.63, 3.8) is 0 Å². The van der Waals surface area contributed by atoms with Gasteiger partial charge in [-0.1, -0.05) is 304 Å². The third-order valence-electron chi connectivity index (χ3n) is 15.8. The fourth-order valence-corrected chi connectivity index (χ4v) is 12.3. The highest BCUT2D eigenvalue weighted by atomic mass is 79.9. The predicted octanol–water partition coefficient (Wildman–Crippen LogP) is 23.0. The van der Waals surface area contributed by atoms with E-state index in [4.69, 9.17) is 0 Å². The van der Waals surface area contributed by atoms with Crippen molar-refractivity contribution in [1.29, 1.82) is 0 Å². The summed E-state index contributed by atoms with van der Waals surface area (Å²) in [5.74, 6) is 0. The number of aromatic nitrogens is 2. The summed E-state index contributed by atoms with van der Waals surface area (Å²) < 4.78 is 3.61. The predicted molar refractivity (Wildman–Crippen MR) is 352 cm³/mol. The minimum Gasteiger partial charge on any atom is -0.353 e. The van der Waals surface area contributed by atoms with E-state index in [1.807, 2.05) is 6.07 Å². The van der Waals surface area contributed by atoms with Crippen molar-refractivity contribution < 1.29 is 0 Å². The molecular formula is C77H59BrN2. The van der Waals surface area contributed by atoms with E-state index in [0.29, 0.717) is 0 Å². The van der Waals surface area contributed by atoms with Crippen molar-refractivity contribution >= 4 is 124 Å². The lowest BCUT2D eigenvalue weighted by molar-refractivity contribution is 0.772. The molecule has 0 amide bonds. The summed E-state index contributed by atoms with van der Waals surface area (Å²) in [6, 6.07) is 99.9. The SMILES string of the molecule is Brc1ccc(-c2ccccc2)cc1.CCCCC.c1ccc(-c2ccc(-n3c4c5ccccc5ccc4c4c5ccccc5c5ccccc5c43)cc2)cc1.c1ccc2c(c1)ccc1c2[nH]c2c3ccccc3c3ccccc3c12. The van der Waals surface area contributed by atoms with Crippen LogP contribution < -0.4 is 0 Å². The summed E-state index contributed by atoms with van der Waals surface area (Å²) in [4.78, 5) is 3.76. The van der Waals surface area contributed by atoms with Gasteiger partial charge in [-0.05, 0) is 89.6 Å². The Bertz CT molecular complexity index is 4860. The van der Waals surface area contributed by atoms with Gasteiger partial charge in [-0.25, -0.2) is 0 Å². The standard InChI is InChI=1S/C36H23N.C24H15N.C12H9Br.C5H12/c1-2-10-24(11-3-1)25-18-21-27(22-19-25)37-35-28-13-5-4-12-26(28)20-23-33(35)34-31-16-8-6-14-29(31)30-15-7-9-17-32(30)36(34)37;1-2-8-16-15(7-1)13-14-21-22-19-11-5-3-9-17(19)18-10-4-6-12-20(18)24(22)25-23(16)21;13-12-8-6-11(7-9-12)10-4-2-1-3-5-10;1-3-5-4-2/h1-23H;1-14,25H;1-9H;3-5H2,1-2H3. The number of unbranched alkanes of at least 4 members (excludes halogenated alkanes) is 2. The number of nitrogens with one attached hydrogen (secondary N) is 1. The molecule has 16 aromatic rings. The third-order valence-corrected chi connectivity index (χ3v) is 16.3. The van der Waals surface area contributed by atoms with Crippen molar-refractivity contribution in [2.45, 2.75) is 33.1 Å². The molecule has 0 atom stereocenters. The van der Waals surface area contributed by atoms with E-state index in [-0.39, 0.29) is 0 Å². The van der Waals surface area contributed by atoms with E-state index < -0.39 is 0 Å². The first-order valence-corrected chi connectivity index (χ1v) is 28.8. The molecule has 0 aliphatic rings. The van der Waals surface area contributed by atoms with Gasteiger partial charge < -0.3 is 9.55 Å². The van der Waals surface area contributed by atoms with Crippen LogP contribution in [0.1, 0.15) is 33.1 Å². The first-order valence-electron chi connectivity index (χ1n) is 28.0. The number of nitrogens with zero attached hydrogens (tertiary/aromatic N) is 1. The maximum absolute atomic E-state index is 3.76. The Kier molecular flexibility index (Phi) is 14.0. The van der Waals surface area contributed by atoms with Crippen LogP contribution in [0.4, 0.5) is 0 Å². The van der Waals surface area contributed by atoms with Crippen LogP contribution in [-0.4, -0.2) is 9.55 Å². The lowest BCUT2D eigenvalue weighted by atomic mass is 9.96. The molecule has 3 heteroatoms. The van der Waals surface area contributed by atoms with Crippen molar-refractivity contribution in [2.24, 2.45) is 0 Å². The molecule has 384 valence electrons. The number of aromatic amines is 1. The van der Waals surface area contributed by atoms with Crippen molar-refractivity contribution in [2.75, 3.05) is 0 Å². The van der Waals surface area contributed by atoms with E-state index in [1.54, 1.807) is 0 Å². The average molecular weight is 1090 g/mol. The Morgan fingerprint density at radius 2 is 0.688 bits per heavy atom. The Balaban J connectivity index is 0.000000120. The number of fused-ring (bicyclic) bond motifs is 20. The lowest BCUT2D eigenvalue weighted by Crippen LogP contribution is -1.95. The molecule has 0 aliphatic heterocycles. The highest BCUT2D eigenvalue weighted by Gasteiger charge is 2.21. The van der Waals surface area contributed by atoms with Crippen molar-refractivity contribution in [1.82, 2.24) is 9.55 Å². The fraction of sp³-hybridized carbons (Fsp3) is 0.0649. The van der Waals surface area contributed by atoms with Gasteiger partial charge in [-0.3, -0.25) is 0 Å². The van der Waals surface area contributed by atoms with E-state index in [9.17, 15) is 0 Å². The molecule has 0 fully saturated rings. The quantitative estimate of drug-likeness (QED) is 0.166. The van der Waals surface area contributed by atoms with Crippen LogP contribution in [0.15, 0.2) is 284 Å². The molecule has 2 aromatic heterocycles. The second-order valence-corrected chi connectivity index (χ2v) is 21.6. The molecule has 0 radical (unpaired) electrons. The van der Waals surface area contributed by atoms with Gasteiger partial charge in [0, 0.05) is 53.2 Å². The Morgan fingerprint density at radius 3 is 1.24 bits per heavy atom. The molecule has 80 heavy (non-hydrogen) atoms. The number of benzene rings is 14. The Labute approximate surface area is 475 Å². The highest BCUT2D eigenvalue weighted by molar-refractivity contribution is 9.10. The first kappa shape index (κ1) is 50.2. The zero-order chi connectivity index (χ0) is 53.9. The number of hydrogen-bond donors (Lipinski definition) is 1. The van der Waals surface area contributed by atoms with Gasteiger partial charge in [-0.15, -0.1) is 0 Å². The summed E-state index contributed by atoms with van der Waals surface area (Å²) >= 11 is 3.42. The molecule has 0 aliphatic carbocycles. The van der Waals surface area contributed by atoms with Crippen LogP contribution in [-0.2, 0) is 0 Å². The number of halogens is 1. The van der Waals surface area contributed by atoms with Gasteiger partial charge in [0.05, 0.1) is 22.1 Å². The average Bonchev–Trinajstić information content (AvgIpc) is 4.33. The highest BCUT2D eigenvalue weighted by Crippen LogP contribution is 2.45. The van der Waals surface area contributed by atoms with Gasteiger partial charge in [0.25, 0.3) is 0 Å². The molecule has 0 bridgehead atoms. The topological polar surface area (TPSA) is 20.7 Å². The third kappa shape index (κ3) is 9.24. The molecule has 0 saturated heterocycles. The van der Waals surface area contributed by atoms with Crippen molar-refractivity contribution in [3.8, 4) is 27.9 Å². The summed E-state index contributed by atoms with van der Waals surface area (Å²) in [5, 5.41) is 20.7. The molecule has 16 rings (SSSR count). The summed E-state index contributed by atoms with van der Waals surface area (Å²) in [6.45, 7) is 4.42. The molecule has 0 saturated carbocycles. The number of hydrogen-bond acceptors (Lipinski definition) is 0. The normalized spacial score (nSPS) is 11.3. The Morgan fingerprint density at radius 1 is 0.287 bits per heavy atom. The van der Waals surface area contributed by atoms with Gasteiger partial charge in [-0.2, -0.15) is 0 Å². The van der Waals surface area contributed by atoms with E-state index >= 15 is 0 Å².